The highest BCUT2D eigenvalue weighted by Crippen LogP contribution is 2.11. The summed E-state index contributed by atoms with van der Waals surface area (Å²) in [5.41, 5.74) is 0. The maximum atomic E-state index is 12.1. The molecule has 9 heteroatoms. The Bertz CT molecular complexity index is 552. The molecule has 1 aromatic rings. The molecule has 0 aliphatic carbocycles. The first kappa shape index (κ1) is 16.6. The van der Waals surface area contributed by atoms with E-state index in [9.17, 15) is 13.2 Å². The van der Waals surface area contributed by atoms with Gasteiger partial charge in [-0.25, -0.2) is 8.42 Å². The molecule has 0 bridgehead atoms. The monoisotopic (exact) mass is 305 g/mol. The minimum atomic E-state index is -3.91. The van der Waals surface area contributed by atoms with E-state index in [1.165, 1.54) is 24.2 Å². The predicted molar refractivity (Wildman–Crippen MR) is 70.7 cm³/mol. The molecule has 0 aliphatic rings. The lowest BCUT2D eigenvalue weighted by molar-refractivity contribution is -0.140. The van der Waals surface area contributed by atoms with Crippen LogP contribution in [-0.4, -0.2) is 49.0 Å². The molecule has 2 N–H and O–H groups in total. The first-order valence-corrected chi connectivity index (χ1v) is 7.52. The molecular weight excluding hydrogens is 286 g/mol. The number of aromatic nitrogens is 2. The fourth-order valence-electron chi connectivity index (χ4n) is 1.50. The Kier molecular flexibility index (Phi) is 5.66. The molecule has 8 nitrogen and oxygen atoms in total. The molecule has 0 amide bonds. The van der Waals surface area contributed by atoms with E-state index >= 15 is 0 Å². The van der Waals surface area contributed by atoms with E-state index in [0.717, 1.165) is 0 Å². The summed E-state index contributed by atoms with van der Waals surface area (Å²) in [7, 11) is -2.38. The molecule has 0 aliphatic heterocycles. The van der Waals surface area contributed by atoms with Crippen LogP contribution in [0.4, 0.5) is 0 Å². The zero-order valence-electron chi connectivity index (χ0n) is 11.6. The number of nitrogens with zero attached hydrogens (tertiary/aromatic N) is 2. The summed E-state index contributed by atoms with van der Waals surface area (Å²) in [6.45, 7) is 4.07. The number of methoxy groups -OCH3 is 1. The summed E-state index contributed by atoms with van der Waals surface area (Å²) in [6.07, 6.45) is 2.51. The fourth-order valence-corrected chi connectivity index (χ4v) is 2.79. The lowest BCUT2D eigenvalue weighted by Crippen LogP contribution is -2.44. The second-order valence-corrected chi connectivity index (χ2v) is 6.33. The number of ether oxygens (including phenoxy) is 1. The molecule has 1 aromatic heterocycles. The molecule has 0 aromatic carbocycles. The second kappa shape index (κ2) is 6.82. The summed E-state index contributed by atoms with van der Waals surface area (Å²) >= 11 is 0. The van der Waals surface area contributed by atoms with E-state index in [2.05, 4.69) is 9.82 Å². The van der Waals surface area contributed by atoms with Gasteiger partial charge in [0.25, 0.3) is 0 Å². The number of sulfonamides is 1. The molecule has 0 fully saturated rings. The number of hydrogen-bond acceptors (Lipinski definition) is 5. The number of carbonyl (C=O) groups is 1. The van der Waals surface area contributed by atoms with Gasteiger partial charge in [-0.05, 0) is 5.92 Å². The number of carboxylic acids is 1. The van der Waals surface area contributed by atoms with Crippen molar-refractivity contribution >= 4 is 16.0 Å². The first-order chi connectivity index (χ1) is 9.27. The number of carboxylic acid groups (broad SMARTS) is 1. The molecule has 0 saturated heterocycles. The Morgan fingerprint density at radius 2 is 2.20 bits per heavy atom. The number of rotatable bonds is 8. The number of aliphatic carboxylic acids is 1. The summed E-state index contributed by atoms with van der Waals surface area (Å²) < 4.78 is 32.6. The molecule has 0 unspecified atom stereocenters. The zero-order valence-corrected chi connectivity index (χ0v) is 12.4. The Morgan fingerprint density at radius 3 is 2.70 bits per heavy atom. The van der Waals surface area contributed by atoms with Gasteiger partial charge in [-0.15, -0.1) is 0 Å². The van der Waals surface area contributed by atoms with Crippen LogP contribution < -0.4 is 4.72 Å². The minimum absolute atomic E-state index is 0.0690. The molecule has 0 saturated carbocycles. The SMILES string of the molecule is COCCn1cc(S(=O)(=O)N[C@H](C(=O)O)C(C)C)cn1. The van der Waals surface area contributed by atoms with Crippen molar-refractivity contribution in [3.63, 3.8) is 0 Å². The van der Waals surface area contributed by atoms with Gasteiger partial charge in [-0.3, -0.25) is 9.48 Å². The van der Waals surface area contributed by atoms with Gasteiger partial charge in [0.2, 0.25) is 10.0 Å². The quantitative estimate of drug-likeness (QED) is 0.695. The lowest BCUT2D eigenvalue weighted by Gasteiger charge is -2.17. The van der Waals surface area contributed by atoms with E-state index in [1.54, 1.807) is 13.8 Å². The van der Waals surface area contributed by atoms with E-state index < -0.39 is 22.0 Å². The Morgan fingerprint density at radius 1 is 1.55 bits per heavy atom. The highest BCUT2D eigenvalue weighted by molar-refractivity contribution is 7.89. The Balaban J connectivity index is 2.87. The summed E-state index contributed by atoms with van der Waals surface area (Å²) in [5.74, 6) is -1.58. The van der Waals surface area contributed by atoms with Gasteiger partial charge < -0.3 is 9.84 Å². The van der Waals surface area contributed by atoms with Gasteiger partial charge >= 0.3 is 5.97 Å². The topological polar surface area (TPSA) is 111 Å². The maximum Gasteiger partial charge on any atom is 0.322 e. The molecule has 1 atom stereocenters. The van der Waals surface area contributed by atoms with Crippen molar-refractivity contribution in [2.24, 2.45) is 5.92 Å². The average molecular weight is 305 g/mol. The Labute approximate surface area is 117 Å². The van der Waals surface area contributed by atoms with Crippen LogP contribution in [0.5, 0.6) is 0 Å². The van der Waals surface area contributed by atoms with Crippen molar-refractivity contribution in [2.75, 3.05) is 13.7 Å². The average Bonchev–Trinajstić information content (AvgIpc) is 2.82. The van der Waals surface area contributed by atoms with Crippen LogP contribution in [0.15, 0.2) is 17.3 Å². The smallest absolute Gasteiger partial charge is 0.322 e. The van der Waals surface area contributed by atoms with Gasteiger partial charge in [0, 0.05) is 13.3 Å². The number of nitrogens with one attached hydrogen (secondary N) is 1. The van der Waals surface area contributed by atoms with Crippen LogP contribution in [0, 0.1) is 5.92 Å². The Hall–Kier alpha value is -1.45. The minimum Gasteiger partial charge on any atom is -0.480 e. The van der Waals surface area contributed by atoms with E-state index in [4.69, 9.17) is 9.84 Å². The van der Waals surface area contributed by atoms with Crippen LogP contribution in [0.3, 0.4) is 0 Å². The summed E-state index contributed by atoms with van der Waals surface area (Å²) in [4.78, 5) is 11.0. The second-order valence-electron chi connectivity index (χ2n) is 4.61. The highest BCUT2D eigenvalue weighted by Gasteiger charge is 2.28. The normalized spacial score (nSPS) is 13.6. The molecule has 1 rings (SSSR count). The third-order valence-electron chi connectivity index (χ3n) is 2.66. The van der Waals surface area contributed by atoms with Gasteiger partial charge in [0.1, 0.15) is 10.9 Å². The van der Waals surface area contributed by atoms with Crippen molar-refractivity contribution < 1.29 is 23.1 Å². The van der Waals surface area contributed by atoms with Gasteiger partial charge in [0.05, 0.1) is 19.3 Å². The molecule has 20 heavy (non-hydrogen) atoms. The van der Waals surface area contributed by atoms with Gasteiger partial charge in [0.15, 0.2) is 0 Å². The van der Waals surface area contributed by atoms with Crippen molar-refractivity contribution in [1.29, 1.82) is 0 Å². The van der Waals surface area contributed by atoms with Crippen molar-refractivity contribution in [2.45, 2.75) is 31.3 Å². The van der Waals surface area contributed by atoms with Crippen LogP contribution in [0.1, 0.15) is 13.8 Å². The molecule has 1 heterocycles. The summed E-state index contributed by atoms with van der Waals surface area (Å²) in [6, 6.07) is -1.18. The molecular formula is C11H19N3O5S. The molecule has 114 valence electrons. The van der Waals surface area contributed by atoms with E-state index in [0.29, 0.717) is 13.2 Å². The van der Waals surface area contributed by atoms with Gasteiger partial charge in [-0.1, -0.05) is 13.8 Å². The van der Waals surface area contributed by atoms with E-state index in [-0.39, 0.29) is 10.8 Å². The molecule has 0 spiro atoms. The van der Waals surface area contributed by atoms with Crippen molar-refractivity contribution in [3.8, 4) is 0 Å². The van der Waals surface area contributed by atoms with Crippen LogP contribution in [-0.2, 0) is 26.1 Å². The molecule has 0 radical (unpaired) electrons. The maximum absolute atomic E-state index is 12.1. The van der Waals surface area contributed by atoms with Gasteiger partial charge in [-0.2, -0.15) is 9.82 Å². The van der Waals surface area contributed by atoms with Crippen LogP contribution >= 0.6 is 0 Å². The van der Waals surface area contributed by atoms with Crippen molar-refractivity contribution in [1.82, 2.24) is 14.5 Å². The fraction of sp³-hybridized carbons (Fsp3) is 0.636. The van der Waals surface area contributed by atoms with Crippen molar-refractivity contribution in [3.05, 3.63) is 12.4 Å². The standard InChI is InChI=1S/C11H19N3O5S/c1-8(2)10(11(15)16)13-20(17,18)9-6-12-14(7-9)4-5-19-3/h6-8,10,13H,4-5H2,1-3H3,(H,15,16)/t10-/m0/s1. The number of hydrogen-bond donors (Lipinski definition) is 2. The lowest BCUT2D eigenvalue weighted by atomic mass is 10.1. The summed E-state index contributed by atoms with van der Waals surface area (Å²) in [5, 5.41) is 12.9. The van der Waals surface area contributed by atoms with Crippen LogP contribution in [0.25, 0.3) is 0 Å². The van der Waals surface area contributed by atoms with E-state index in [1.807, 2.05) is 0 Å². The largest absolute Gasteiger partial charge is 0.480 e. The highest BCUT2D eigenvalue weighted by atomic mass is 32.2. The van der Waals surface area contributed by atoms with Crippen LogP contribution in [0.2, 0.25) is 0 Å². The predicted octanol–water partition coefficient (Wildman–Crippen LogP) is -0.0830. The third kappa shape index (κ3) is 4.29. The third-order valence-corrected chi connectivity index (χ3v) is 4.05. The zero-order chi connectivity index (χ0) is 15.3. The first-order valence-electron chi connectivity index (χ1n) is 6.04.